The Bertz CT molecular complexity index is 1110. The molecule has 0 saturated heterocycles. The molecule has 0 atom stereocenters. The van der Waals surface area contributed by atoms with Crippen molar-refractivity contribution in [3.05, 3.63) is 77.4 Å². The van der Waals surface area contributed by atoms with Gasteiger partial charge in [-0.2, -0.15) is 0 Å². The normalized spacial score (nSPS) is 10.8. The van der Waals surface area contributed by atoms with Crippen molar-refractivity contribution in [1.82, 2.24) is 15.3 Å². The lowest BCUT2D eigenvalue weighted by Gasteiger charge is -2.07. The predicted octanol–water partition coefficient (Wildman–Crippen LogP) is 4.23. The lowest BCUT2D eigenvalue weighted by Crippen LogP contribution is -2.24. The largest absolute Gasteiger partial charge is 0.497 e. The van der Waals surface area contributed by atoms with Crippen LogP contribution in [0.15, 0.2) is 66.2 Å². The highest BCUT2D eigenvalue weighted by molar-refractivity contribution is 7.13. The number of carbonyl (C=O) groups excluding carboxylic acids is 1. The van der Waals surface area contributed by atoms with Crippen molar-refractivity contribution in [3.63, 3.8) is 0 Å². The van der Waals surface area contributed by atoms with Crippen molar-refractivity contribution < 1.29 is 9.53 Å². The Morgan fingerprint density at radius 1 is 1.11 bits per heavy atom. The number of nitrogens with one attached hydrogen (secondary N) is 1. The number of thiazole rings is 1. The molecule has 0 unspecified atom stereocenters. The molecule has 0 aliphatic heterocycles. The smallest absolute Gasteiger partial charge is 0.226 e. The van der Waals surface area contributed by atoms with E-state index in [1.807, 2.05) is 53.9 Å². The second-order valence-corrected chi connectivity index (χ2v) is 7.22. The average Bonchev–Trinajstić information content (AvgIpc) is 3.20. The van der Waals surface area contributed by atoms with E-state index < -0.39 is 0 Å². The summed E-state index contributed by atoms with van der Waals surface area (Å²) in [6.07, 6.45) is 2.00. The van der Waals surface area contributed by atoms with Crippen LogP contribution >= 0.6 is 11.3 Å². The van der Waals surface area contributed by atoms with Crippen molar-refractivity contribution in [2.24, 2.45) is 0 Å². The summed E-state index contributed by atoms with van der Waals surface area (Å²) in [4.78, 5) is 21.1. The number of methoxy groups -OCH3 is 1. The van der Waals surface area contributed by atoms with Gasteiger partial charge in [0, 0.05) is 18.1 Å². The summed E-state index contributed by atoms with van der Waals surface area (Å²) in [5.41, 5.74) is 2.64. The van der Waals surface area contributed by atoms with Crippen LogP contribution in [0.2, 0.25) is 0 Å². The van der Waals surface area contributed by atoms with Crippen LogP contribution in [0.1, 0.15) is 11.3 Å². The minimum atomic E-state index is -0.0484. The minimum absolute atomic E-state index is 0.0484. The maximum absolute atomic E-state index is 12.3. The van der Waals surface area contributed by atoms with E-state index in [1.54, 1.807) is 13.3 Å². The van der Waals surface area contributed by atoms with Crippen molar-refractivity contribution >= 4 is 28.0 Å². The number of nitrogens with zero attached hydrogens (tertiary/aromatic N) is 2. The third-order valence-corrected chi connectivity index (χ3v) is 5.29. The fourth-order valence-electron chi connectivity index (χ4n) is 2.93. The first kappa shape index (κ1) is 18.1. The number of fused-ring (bicyclic) bond motifs is 1. The van der Waals surface area contributed by atoms with Gasteiger partial charge in [-0.1, -0.05) is 24.3 Å². The highest BCUT2D eigenvalue weighted by atomic mass is 32.1. The molecule has 4 aromatic rings. The first-order chi connectivity index (χ1) is 13.7. The molecular formula is C22H19N3O2S. The fraction of sp³-hybridized carbons (Fsp3) is 0.136. The lowest BCUT2D eigenvalue weighted by atomic mass is 10.1. The van der Waals surface area contributed by atoms with Crippen molar-refractivity contribution in [1.29, 1.82) is 0 Å². The van der Waals surface area contributed by atoms with Crippen LogP contribution in [0.25, 0.3) is 21.5 Å². The maximum atomic E-state index is 12.3. The quantitative estimate of drug-likeness (QED) is 0.536. The summed E-state index contributed by atoms with van der Waals surface area (Å²) in [6.45, 7) is 0.484. The van der Waals surface area contributed by atoms with Gasteiger partial charge < -0.3 is 10.1 Å². The number of hydrogen-bond acceptors (Lipinski definition) is 5. The molecule has 1 amide bonds. The average molecular weight is 389 g/mol. The molecule has 0 fully saturated rings. The summed E-state index contributed by atoms with van der Waals surface area (Å²) in [6, 6.07) is 17.8. The molecule has 2 aromatic heterocycles. The van der Waals surface area contributed by atoms with E-state index >= 15 is 0 Å². The molecule has 28 heavy (non-hydrogen) atoms. The van der Waals surface area contributed by atoms with Crippen LogP contribution in [0.5, 0.6) is 5.75 Å². The van der Waals surface area contributed by atoms with Crippen LogP contribution < -0.4 is 10.1 Å². The Balaban J connectivity index is 1.37. The first-order valence-corrected chi connectivity index (χ1v) is 9.78. The van der Waals surface area contributed by atoms with E-state index in [1.165, 1.54) is 11.3 Å². The summed E-state index contributed by atoms with van der Waals surface area (Å²) >= 11 is 1.50. The highest BCUT2D eigenvalue weighted by Crippen LogP contribution is 2.23. The molecule has 140 valence electrons. The number of amides is 1. The number of carbonyl (C=O) groups is 1. The molecule has 2 heterocycles. The van der Waals surface area contributed by atoms with Gasteiger partial charge in [-0.15, -0.1) is 11.3 Å². The highest BCUT2D eigenvalue weighted by Gasteiger charge is 2.10. The standard InChI is InChI=1S/C22H19N3O2S/c1-27-19-8-7-16-10-15(5-6-17(16)11-19)13-24-21(26)12-18-14-28-22(25-18)20-4-2-3-9-23-20/h2-11,14H,12-13H2,1H3,(H,24,26). The molecule has 0 spiro atoms. The minimum Gasteiger partial charge on any atom is -0.497 e. The zero-order valence-electron chi connectivity index (χ0n) is 15.4. The Morgan fingerprint density at radius 3 is 2.79 bits per heavy atom. The van der Waals surface area contributed by atoms with E-state index in [0.717, 1.165) is 38.5 Å². The molecule has 1 N–H and O–H groups in total. The molecule has 6 heteroatoms. The van der Waals surface area contributed by atoms with Crippen molar-refractivity contribution in [3.8, 4) is 16.5 Å². The molecule has 0 radical (unpaired) electrons. The van der Waals surface area contributed by atoms with Gasteiger partial charge in [0.2, 0.25) is 5.91 Å². The van der Waals surface area contributed by atoms with Gasteiger partial charge >= 0.3 is 0 Å². The number of ether oxygens (including phenoxy) is 1. The third kappa shape index (κ3) is 4.18. The molecule has 0 aliphatic rings. The Labute approximate surface area is 167 Å². The summed E-state index contributed by atoms with van der Waals surface area (Å²) < 4.78 is 5.25. The number of benzene rings is 2. The van der Waals surface area contributed by atoms with Crippen molar-refractivity contribution in [2.45, 2.75) is 13.0 Å². The van der Waals surface area contributed by atoms with E-state index in [4.69, 9.17) is 4.74 Å². The molecule has 5 nitrogen and oxygen atoms in total. The van der Waals surface area contributed by atoms with Gasteiger partial charge in [0.15, 0.2) is 0 Å². The second kappa shape index (κ2) is 8.19. The predicted molar refractivity (Wildman–Crippen MR) is 111 cm³/mol. The fourth-order valence-corrected chi connectivity index (χ4v) is 3.73. The maximum Gasteiger partial charge on any atom is 0.226 e. The van der Waals surface area contributed by atoms with Gasteiger partial charge in [0.05, 0.1) is 24.9 Å². The summed E-state index contributed by atoms with van der Waals surface area (Å²) in [7, 11) is 1.66. The summed E-state index contributed by atoms with van der Waals surface area (Å²) in [5.74, 6) is 0.787. The summed E-state index contributed by atoms with van der Waals surface area (Å²) in [5, 5.41) is 7.93. The molecular weight excluding hydrogens is 370 g/mol. The van der Waals surface area contributed by atoms with Crippen LogP contribution in [0.4, 0.5) is 0 Å². The van der Waals surface area contributed by atoms with E-state index in [9.17, 15) is 4.79 Å². The van der Waals surface area contributed by atoms with Crippen molar-refractivity contribution in [2.75, 3.05) is 7.11 Å². The van der Waals surface area contributed by atoms with Gasteiger partial charge in [-0.05, 0) is 46.7 Å². The van der Waals surface area contributed by atoms with Gasteiger partial charge in [-0.3, -0.25) is 9.78 Å². The first-order valence-electron chi connectivity index (χ1n) is 8.90. The van der Waals surface area contributed by atoms with Gasteiger partial charge in [0.1, 0.15) is 10.8 Å². The van der Waals surface area contributed by atoms with Gasteiger partial charge in [0.25, 0.3) is 0 Å². The zero-order chi connectivity index (χ0) is 19.3. The Hall–Kier alpha value is -3.25. The topological polar surface area (TPSA) is 64.1 Å². The number of aromatic nitrogens is 2. The zero-order valence-corrected chi connectivity index (χ0v) is 16.2. The molecule has 2 aromatic carbocycles. The monoisotopic (exact) mass is 389 g/mol. The van der Waals surface area contributed by atoms with E-state index in [0.29, 0.717) is 6.54 Å². The Morgan fingerprint density at radius 2 is 1.96 bits per heavy atom. The van der Waals surface area contributed by atoms with E-state index in [2.05, 4.69) is 21.4 Å². The lowest BCUT2D eigenvalue weighted by molar-refractivity contribution is -0.120. The van der Waals surface area contributed by atoms with Crippen LogP contribution in [0, 0.1) is 0 Å². The second-order valence-electron chi connectivity index (χ2n) is 6.36. The Kier molecular flexibility index (Phi) is 5.30. The van der Waals surface area contributed by atoms with E-state index in [-0.39, 0.29) is 12.3 Å². The SMILES string of the molecule is COc1ccc2cc(CNC(=O)Cc3csc(-c4ccccn4)n3)ccc2c1. The van der Waals surface area contributed by atoms with Gasteiger partial charge in [-0.25, -0.2) is 4.98 Å². The molecule has 0 bridgehead atoms. The van der Waals surface area contributed by atoms with Crippen LogP contribution in [-0.2, 0) is 17.8 Å². The number of pyridine rings is 1. The molecule has 0 saturated carbocycles. The molecule has 0 aliphatic carbocycles. The number of rotatable bonds is 6. The van der Waals surface area contributed by atoms with Crippen LogP contribution in [-0.4, -0.2) is 23.0 Å². The number of hydrogen-bond donors (Lipinski definition) is 1. The van der Waals surface area contributed by atoms with Crippen LogP contribution in [0.3, 0.4) is 0 Å². The molecule has 4 rings (SSSR count). The third-order valence-electron chi connectivity index (χ3n) is 4.38.